The molecular weight excluding hydrogens is 258 g/mol. The summed E-state index contributed by atoms with van der Waals surface area (Å²) in [5.41, 5.74) is 2.49. The van der Waals surface area contributed by atoms with Gasteiger partial charge >= 0.3 is 0 Å². The molecule has 2 aliphatic rings. The van der Waals surface area contributed by atoms with Crippen LogP contribution < -0.4 is 0 Å². The van der Waals surface area contributed by atoms with Gasteiger partial charge in [-0.2, -0.15) is 0 Å². The van der Waals surface area contributed by atoms with E-state index in [2.05, 4.69) is 43.1 Å². The van der Waals surface area contributed by atoms with Gasteiger partial charge in [-0.25, -0.2) is 0 Å². The summed E-state index contributed by atoms with van der Waals surface area (Å²) in [7, 11) is 2.21. The van der Waals surface area contributed by atoms with Gasteiger partial charge in [-0.05, 0) is 49.3 Å². The third-order valence-electron chi connectivity index (χ3n) is 5.64. The van der Waals surface area contributed by atoms with Crippen molar-refractivity contribution in [1.82, 2.24) is 4.90 Å². The molecule has 1 aromatic rings. The highest BCUT2D eigenvalue weighted by atomic mass is 16.3. The van der Waals surface area contributed by atoms with Crippen molar-refractivity contribution in [2.75, 3.05) is 13.6 Å². The van der Waals surface area contributed by atoms with E-state index >= 15 is 0 Å². The Morgan fingerprint density at radius 3 is 2.48 bits per heavy atom. The topological polar surface area (TPSA) is 23.5 Å². The third-order valence-corrected chi connectivity index (χ3v) is 5.64. The molecule has 2 nitrogen and oxygen atoms in total. The van der Waals surface area contributed by atoms with Crippen LogP contribution in [-0.4, -0.2) is 29.6 Å². The first-order chi connectivity index (χ1) is 10.2. The molecule has 0 amide bonds. The molecule has 1 saturated carbocycles. The van der Waals surface area contributed by atoms with Gasteiger partial charge in [0.25, 0.3) is 0 Å². The fourth-order valence-corrected chi connectivity index (χ4v) is 4.39. The smallest absolute Gasteiger partial charge is 0.0948 e. The largest absolute Gasteiger partial charge is 0.387 e. The molecule has 21 heavy (non-hydrogen) atoms. The number of benzene rings is 1. The van der Waals surface area contributed by atoms with Crippen LogP contribution in [-0.2, 0) is 0 Å². The number of rotatable bonds is 3. The molecule has 3 rings (SSSR count). The van der Waals surface area contributed by atoms with Crippen LogP contribution in [0.3, 0.4) is 0 Å². The minimum atomic E-state index is -0.328. The van der Waals surface area contributed by atoms with Crippen molar-refractivity contribution in [1.29, 1.82) is 0 Å². The van der Waals surface area contributed by atoms with E-state index in [0.29, 0.717) is 5.92 Å². The zero-order valence-electron chi connectivity index (χ0n) is 13.5. The maximum atomic E-state index is 10.8. The number of aliphatic hydroxyl groups is 1. The van der Waals surface area contributed by atoms with Gasteiger partial charge in [0, 0.05) is 12.6 Å². The summed E-state index contributed by atoms with van der Waals surface area (Å²) in [6, 6.07) is 8.71. The van der Waals surface area contributed by atoms with Crippen LogP contribution in [0.25, 0.3) is 0 Å². The Bertz CT molecular complexity index is 466. The van der Waals surface area contributed by atoms with E-state index in [1.54, 1.807) is 0 Å². The number of fused-ring (bicyclic) bond motifs is 1. The lowest BCUT2D eigenvalue weighted by Gasteiger charge is -2.41. The fourth-order valence-electron chi connectivity index (χ4n) is 4.39. The van der Waals surface area contributed by atoms with Gasteiger partial charge in [0.1, 0.15) is 0 Å². The number of likely N-dealkylation sites (N-methyl/N-ethyl adjacent to an activating group) is 1. The van der Waals surface area contributed by atoms with Crippen molar-refractivity contribution >= 4 is 0 Å². The number of nitrogens with zero attached hydrogens (tertiary/aromatic N) is 1. The van der Waals surface area contributed by atoms with Crippen molar-refractivity contribution < 1.29 is 5.11 Å². The maximum absolute atomic E-state index is 10.8. The van der Waals surface area contributed by atoms with Crippen LogP contribution in [0.5, 0.6) is 0 Å². The average Bonchev–Trinajstić information content (AvgIpc) is 2.52. The molecule has 1 fully saturated rings. The summed E-state index contributed by atoms with van der Waals surface area (Å²) in [6.07, 6.45) is 7.69. The van der Waals surface area contributed by atoms with Gasteiger partial charge in [-0.3, -0.25) is 0 Å². The van der Waals surface area contributed by atoms with E-state index in [1.807, 2.05) is 0 Å². The number of hydrogen-bond donors (Lipinski definition) is 1. The molecule has 0 aliphatic heterocycles. The van der Waals surface area contributed by atoms with Crippen LogP contribution in [0.1, 0.15) is 68.6 Å². The second-order valence-corrected chi connectivity index (χ2v) is 7.22. The lowest BCUT2D eigenvalue weighted by molar-refractivity contribution is 0.0343. The molecule has 0 spiro atoms. The average molecular weight is 287 g/mol. The molecule has 3 atom stereocenters. The van der Waals surface area contributed by atoms with Gasteiger partial charge in [-0.1, -0.05) is 50.5 Å². The Morgan fingerprint density at radius 1 is 1.10 bits per heavy atom. The summed E-state index contributed by atoms with van der Waals surface area (Å²) in [4.78, 5) is 2.44. The minimum Gasteiger partial charge on any atom is -0.387 e. The van der Waals surface area contributed by atoms with Gasteiger partial charge in [-0.15, -0.1) is 0 Å². The Hall–Kier alpha value is -0.860. The second-order valence-electron chi connectivity index (χ2n) is 7.22. The number of hydrogen-bond acceptors (Lipinski definition) is 2. The quantitative estimate of drug-likeness (QED) is 0.904. The zero-order chi connectivity index (χ0) is 14.8. The van der Waals surface area contributed by atoms with Crippen molar-refractivity contribution in [2.24, 2.45) is 5.92 Å². The Morgan fingerprint density at radius 2 is 1.76 bits per heavy atom. The Kier molecular flexibility index (Phi) is 4.66. The van der Waals surface area contributed by atoms with Crippen LogP contribution in [0.15, 0.2) is 24.3 Å². The zero-order valence-corrected chi connectivity index (χ0v) is 13.5. The van der Waals surface area contributed by atoms with Crippen molar-refractivity contribution in [3.05, 3.63) is 35.4 Å². The lowest BCUT2D eigenvalue weighted by atomic mass is 9.78. The minimum absolute atomic E-state index is 0.275. The summed E-state index contributed by atoms with van der Waals surface area (Å²) < 4.78 is 0. The summed E-state index contributed by atoms with van der Waals surface area (Å²) >= 11 is 0. The van der Waals surface area contributed by atoms with E-state index < -0.39 is 0 Å². The molecule has 1 aromatic carbocycles. The molecule has 0 saturated heterocycles. The highest BCUT2D eigenvalue weighted by molar-refractivity contribution is 5.35. The standard InChI is InChI=1S/C19H29NO/c1-14-12-18(19(21)17-11-7-6-10-16(14)17)20(2)13-15-8-4-3-5-9-15/h6-7,10-11,14-15,18-19,21H,3-5,8-9,12-13H2,1-2H3. The summed E-state index contributed by atoms with van der Waals surface area (Å²) in [6.45, 7) is 3.45. The molecule has 0 bridgehead atoms. The van der Waals surface area contributed by atoms with E-state index in [-0.39, 0.29) is 12.1 Å². The first kappa shape index (κ1) is 15.1. The Labute approximate surface area is 129 Å². The molecule has 1 N–H and O–H groups in total. The maximum Gasteiger partial charge on any atom is 0.0948 e. The van der Waals surface area contributed by atoms with Crippen LogP contribution >= 0.6 is 0 Å². The van der Waals surface area contributed by atoms with Crippen molar-refractivity contribution in [3.63, 3.8) is 0 Å². The summed E-state index contributed by atoms with van der Waals surface area (Å²) in [5.74, 6) is 1.38. The van der Waals surface area contributed by atoms with E-state index in [0.717, 1.165) is 24.4 Å². The first-order valence-electron chi connectivity index (χ1n) is 8.64. The van der Waals surface area contributed by atoms with Crippen LogP contribution in [0.4, 0.5) is 0 Å². The third kappa shape index (κ3) is 3.17. The van der Waals surface area contributed by atoms with E-state index in [1.165, 1.54) is 37.7 Å². The summed E-state index contributed by atoms with van der Waals surface area (Å²) in [5, 5.41) is 10.8. The highest BCUT2D eigenvalue weighted by Crippen LogP contribution is 2.39. The van der Waals surface area contributed by atoms with Gasteiger partial charge in [0.15, 0.2) is 0 Å². The molecule has 0 heterocycles. The molecular formula is C19H29NO. The predicted octanol–water partition coefficient (Wildman–Crippen LogP) is 4.11. The normalized spacial score (nSPS) is 30.4. The highest BCUT2D eigenvalue weighted by Gasteiger charge is 2.34. The van der Waals surface area contributed by atoms with Gasteiger partial charge in [0.2, 0.25) is 0 Å². The van der Waals surface area contributed by atoms with Crippen molar-refractivity contribution in [2.45, 2.75) is 63.5 Å². The fraction of sp³-hybridized carbons (Fsp3) is 0.684. The molecule has 0 aromatic heterocycles. The molecule has 2 aliphatic carbocycles. The van der Waals surface area contributed by atoms with Crippen LogP contribution in [0.2, 0.25) is 0 Å². The van der Waals surface area contributed by atoms with Gasteiger partial charge in [0.05, 0.1) is 6.10 Å². The molecule has 2 heteroatoms. The Balaban J connectivity index is 1.71. The second kappa shape index (κ2) is 6.50. The van der Waals surface area contributed by atoms with E-state index in [9.17, 15) is 5.11 Å². The number of aliphatic hydroxyl groups excluding tert-OH is 1. The van der Waals surface area contributed by atoms with Crippen molar-refractivity contribution in [3.8, 4) is 0 Å². The molecule has 116 valence electrons. The SMILES string of the molecule is CC1CC(N(C)CC2CCCCC2)C(O)c2ccccc21. The predicted molar refractivity (Wildman–Crippen MR) is 87.4 cm³/mol. The lowest BCUT2D eigenvalue weighted by Crippen LogP contribution is -2.43. The van der Waals surface area contributed by atoms with E-state index in [4.69, 9.17) is 0 Å². The monoisotopic (exact) mass is 287 g/mol. The van der Waals surface area contributed by atoms with Crippen LogP contribution in [0, 0.1) is 5.92 Å². The molecule has 3 unspecified atom stereocenters. The van der Waals surface area contributed by atoms with Gasteiger partial charge < -0.3 is 10.0 Å². The first-order valence-corrected chi connectivity index (χ1v) is 8.64. The molecule has 0 radical (unpaired) electrons.